The van der Waals surface area contributed by atoms with E-state index >= 15 is 0 Å². The van der Waals surface area contributed by atoms with Gasteiger partial charge in [0, 0.05) is 12.6 Å². The zero-order valence-corrected chi connectivity index (χ0v) is 13.6. The Morgan fingerprint density at radius 1 is 1.45 bits per heavy atom. The second-order valence-electron chi connectivity index (χ2n) is 5.89. The average molecular weight is 303 g/mol. The molecule has 4 heteroatoms. The van der Waals surface area contributed by atoms with Gasteiger partial charge >= 0.3 is 0 Å². The SMILES string of the molecule is COc1cccc(/C(C)=C/C(=O)N2CCCCC2C(C)O)c1. The number of aliphatic hydroxyl groups excluding tert-OH is 1. The number of carbonyl (C=O) groups excluding carboxylic acids is 1. The van der Waals surface area contributed by atoms with Crippen molar-refractivity contribution < 1.29 is 14.6 Å². The molecule has 1 aromatic rings. The summed E-state index contributed by atoms with van der Waals surface area (Å²) in [7, 11) is 1.63. The van der Waals surface area contributed by atoms with Crippen molar-refractivity contribution in [2.24, 2.45) is 0 Å². The highest BCUT2D eigenvalue weighted by molar-refractivity contribution is 5.95. The summed E-state index contributed by atoms with van der Waals surface area (Å²) in [6.07, 6.45) is 4.11. The number of methoxy groups -OCH3 is 1. The van der Waals surface area contributed by atoms with Crippen LogP contribution in [0, 0.1) is 0 Å². The lowest BCUT2D eigenvalue weighted by Crippen LogP contribution is -2.48. The van der Waals surface area contributed by atoms with Gasteiger partial charge < -0.3 is 14.7 Å². The summed E-state index contributed by atoms with van der Waals surface area (Å²) in [5.74, 6) is 0.753. The number of hydrogen-bond donors (Lipinski definition) is 1. The quantitative estimate of drug-likeness (QED) is 0.870. The van der Waals surface area contributed by atoms with E-state index in [1.807, 2.05) is 31.2 Å². The Balaban J connectivity index is 2.17. The Kier molecular flexibility index (Phi) is 5.61. The van der Waals surface area contributed by atoms with Gasteiger partial charge in [0.1, 0.15) is 5.75 Å². The first-order valence-corrected chi connectivity index (χ1v) is 7.84. The van der Waals surface area contributed by atoms with Gasteiger partial charge in [0.25, 0.3) is 0 Å². The number of nitrogens with zero attached hydrogens (tertiary/aromatic N) is 1. The molecule has 0 radical (unpaired) electrons. The van der Waals surface area contributed by atoms with Gasteiger partial charge in [-0.05, 0) is 56.4 Å². The molecule has 1 aromatic carbocycles. The molecule has 1 fully saturated rings. The minimum Gasteiger partial charge on any atom is -0.497 e. The maximum Gasteiger partial charge on any atom is 0.247 e. The number of amides is 1. The molecule has 1 aliphatic heterocycles. The van der Waals surface area contributed by atoms with Gasteiger partial charge in [0.2, 0.25) is 5.91 Å². The fraction of sp³-hybridized carbons (Fsp3) is 0.500. The van der Waals surface area contributed by atoms with Crippen molar-refractivity contribution >= 4 is 11.5 Å². The minimum atomic E-state index is -0.491. The molecule has 4 nitrogen and oxygen atoms in total. The van der Waals surface area contributed by atoms with Crippen molar-refractivity contribution in [2.75, 3.05) is 13.7 Å². The lowest BCUT2D eigenvalue weighted by atomic mass is 9.97. The van der Waals surface area contributed by atoms with E-state index in [4.69, 9.17) is 4.74 Å². The van der Waals surface area contributed by atoms with Crippen molar-refractivity contribution in [2.45, 2.75) is 45.3 Å². The number of benzene rings is 1. The van der Waals surface area contributed by atoms with Crippen LogP contribution in [0.1, 0.15) is 38.7 Å². The Morgan fingerprint density at radius 2 is 2.23 bits per heavy atom. The lowest BCUT2D eigenvalue weighted by Gasteiger charge is -2.37. The molecule has 0 saturated carbocycles. The van der Waals surface area contributed by atoms with E-state index in [2.05, 4.69) is 0 Å². The van der Waals surface area contributed by atoms with Crippen molar-refractivity contribution in [3.05, 3.63) is 35.9 Å². The number of piperidine rings is 1. The smallest absolute Gasteiger partial charge is 0.247 e. The first-order chi connectivity index (χ1) is 10.5. The average Bonchev–Trinajstić information content (AvgIpc) is 2.54. The van der Waals surface area contributed by atoms with E-state index in [1.54, 1.807) is 25.0 Å². The topological polar surface area (TPSA) is 49.8 Å². The third-order valence-corrected chi connectivity index (χ3v) is 4.25. The molecule has 0 bridgehead atoms. The lowest BCUT2D eigenvalue weighted by molar-refractivity contribution is -0.132. The molecule has 2 atom stereocenters. The third-order valence-electron chi connectivity index (χ3n) is 4.25. The maximum absolute atomic E-state index is 12.6. The van der Waals surface area contributed by atoms with E-state index in [0.29, 0.717) is 0 Å². The van der Waals surface area contributed by atoms with Crippen molar-refractivity contribution in [1.29, 1.82) is 0 Å². The standard InChI is InChI=1S/C18H25NO3/c1-13(15-7-6-8-16(12-15)22-3)11-18(21)19-10-5-4-9-17(19)14(2)20/h6-8,11-12,14,17,20H,4-5,9-10H2,1-3H3/b13-11+. The summed E-state index contributed by atoms with van der Waals surface area (Å²) in [5, 5.41) is 9.88. The van der Waals surface area contributed by atoms with Crippen molar-refractivity contribution in [3.63, 3.8) is 0 Å². The van der Waals surface area contributed by atoms with E-state index < -0.39 is 6.10 Å². The monoisotopic (exact) mass is 303 g/mol. The predicted molar refractivity (Wildman–Crippen MR) is 87.7 cm³/mol. The van der Waals surface area contributed by atoms with Gasteiger partial charge in [-0.2, -0.15) is 0 Å². The number of ether oxygens (including phenoxy) is 1. The van der Waals surface area contributed by atoms with Crippen LogP contribution in [0.3, 0.4) is 0 Å². The normalized spacial score (nSPS) is 20.6. The maximum atomic E-state index is 12.6. The van der Waals surface area contributed by atoms with E-state index in [-0.39, 0.29) is 11.9 Å². The van der Waals surface area contributed by atoms with Crippen LogP contribution in [0.15, 0.2) is 30.3 Å². The van der Waals surface area contributed by atoms with Crippen LogP contribution < -0.4 is 4.74 Å². The fourth-order valence-electron chi connectivity index (χ4n) is 2.95. The summed E-state index contributed by atoms with van der Waals surface area (Å²) in [6, 6.07) is 7.60. The molecule has 1 N–H and O–H groups in total. The van der Waals surface area contributed by atoms with Crippen LogP contribution in [0.5, 0.6) is 5.75 Å². The first kappa shape index (κ1) is 16.6. The summed E-state index contributed by atoms with van der Waals surface area (Å²) >= 11 is 0. The van der Waals surface area contributed by atoms with E-state index in [1.165, 1.54) is 0 Å². The Labute approximate surface area is 132 Å². The fourth-order valence-corrected chi connectivity index (χ4v) is 2.95. The molecular weight excluding hydrogens is 278 g/mol. The van der Waals surface area contributed by atoms with Gasteiger partial charge in [-0.1, -0.05) is 12.1 Å². The van der Waals surface area contributed by atoms with Crippen LogP contribution in [0.2, 0.25) is 0 Å². The molecule has 1 saturated heterocycles. The van der Waals surface area contributed by atoms with Crippen LogP contribution in [-0.2, 0) is 4.79 Å². The van der Waals surface area contributed by atoms with Gasteiger partial charge in [0.15, 0.2) is 0 Å². The molecule has 22 heavy (non-hydrogen) atoms. The second kappa shape index (κ2) is 7.45. The molecule has 2 unspecified atom stereocenters. The molecule has 0 aliphatic carbocycles. The molecule has 120 valence electrons. The zero-order chi connectivity index (χ0) is 16.1. The van der Waals surface area contributed by atoms with Gasteiger partial charge in [-0.15, -0.1) is 0 Å². The zero-order valence-electron chi connectivity index (χ0n) is 13.6. The van der Waals surface area contributed by atoms with E-state index in [9.17, 15) is 9.90 Å². The summed E-state index contributed by atoms with van der Waals surface area (Å²) in [6.45, 7) is 4.40. The molecule has 1 amide bonds. The highest BCUT2D eigenvalue weighted by atomic mass is 16.5. The molecule has 1 aliphatic rings. The van der Waals surface area contributed by atoms with Crippen LogP contribution in [0.25, 0.3) is 5.57 Å². The first-order valence-electron chi connectivity index (χ1n) is 7.84. The van der Waals surface area contributed by atoms with Crippen LogP contribution in [0.4, 0.5) is 0 Å². The Morgan fingerprint density at radius 3 is 2.91 bits per heavy atom. The van der Waals surface area contributed by atoms with Crippen molar-refractivity contribution in [1.82, 2.24) is 4.90 Å². The van der Waals surface area contributed by atoms with Gasteiger partial charge in [-0.25, -0.2) is 0 Å². The highest BCUT2D eigenvalue weighted by Gasteiger charge is 2.28. The molecular formula is C18H25NO3. The second-order valence-corrected chi connectivity index (χ2v) is 5.89. The van der Waals surface area contributed by atoms with Crippen LogP contribution in [-0.4, -0.2) is 41.7 Å². The van der Waals surface area contributed by atoms with Gasteiger partial charge in [-0.3, -0.25) is 4.79 Å². The van der Waals surface area contributed by atoms with Crippen LogP contribution >= 0.6 is 0 Å². The number of likely N-dealkylation sites (tertiary alicyclic amines) is 1. The molecule has 0 aromatic heterocycles. The summed E-state index contributed by atoms with van der Waals surface area (Å²) in [5.41, 5.74) is 1.87. The molecule has 2 rings (SSSR count). The Hall–Kier alpha value is -1.81. The molecule has 1 heterocycles. The van der Waals surface area contributed by atoms with Crippen molar-refractivity contribution in [3.8, 4) is 5.75 Å². The highest BCUT2D eigenvalue weighted by Crippen LogP contribution is 2.23. The van der Waals surface area contributed by atoms with E-state index in [0.717, 1.165) is 42.7 Å². The number of carbonyl (C=O) groups is 1. The number of allylic oxidation sites excluding steroid dienone is 1. The number of aliphatic hydroxyl groups is 1. The molecule has 0 spiro atoms. The predicted octanol–water partition coefficient (Wildman–Crippen LogP) is 2.86. The number of rotatable bonds is 4. The minimum absolute atomic E-state index is 0.0223. The van der Waals surface area contributed by atoms with Gasteiger partial charge in [0.05, 0.1) is 19.3 Å². The summed E-state index contributed by atoms with van der Waals surface area (Å²) in [4.78, 5) is 14.4. The number of hydrogen-bond acceptors (Lipinski definition) is 3. The third kappa shape index (κ3) is 3.89. The Bertz CT molecular complexity index is 551. The summed E-state index contributed by atoms with van der Waals surface area (Å²) < 4.78 is 5.22. The largest absolute Gasteiger partial charge is 0.497 e.